The highest BCUT2D eigenvalue weighted by Crippen LogP contribution is 2.29. The number of hydrogen-bond donors (Lipinski definition) is 2. The van der Waals surface area contributed by atoms with Crippen molar-refractivity contribution in [2.45, 2.75) is 32.9 Å². The Kier molecular flexibility index (Phi) is 6.90. The first-order valence-corrected chi connectivity index (χ1v) is 9.49. The van der Waals surface area contributed by atoms with E-state index in [4.69, 9.17) is 9.47 Å². The van der Waals surface area contributed by atoms with Gasteiger partial charge in [-0.15, -0.1) is 0 Å². The molecule has 0 saturated heterocycles. The number of methoxy groups -OCH3 is 1. The Labute approximate surface area is 161 Å². The number of nitrogens with one attached hydrogen (secondary N) is 2. The van der Waals surface area contributed by atoms with Crippen LogP contribution in [0.25, 0.3) is 0 Å². The fraction of sp³-hybridized carbons (Fsp3) is 0.429. The van der Waals surface area contributed by atoms with Gasteiger partial charge in [-0.25, -0.2) is 9.98 Å². The molecule has 0 amide bonds. The predicted octanol–water partition coefficient (Wildman–Crippen LogP) is 3.13. The number of benzene rings is 1. The van der Waals surface area contributed by atoms with E-state index in [9.17, 15) is 0 Å². The van der Waals surface area contributed by atoms with Crippen molar-refractivity contribution < 1.29 is 9.47 Å². The van der Waals surface area contributed by atoms with Crippen LogP contribution in [0, 0.1) is 5.92 Å². The molecule has 2 N–H and O–H groups in total. The van der Waals surface area contributed by atoms with Gasteiger partial charge < -0.3 is 20.1 Å². The van der Waals surface area contributed by atoms with Crippen LogP contribution in [-0.4, -0.2) is 31.2 Å². The third kappa shape index (κ3) is 6.47. The summed E-state index contributed by atoms with van der Waals surface area (Å²) in [5.41, 5.74) is 2.25. The number of aliphatic imine (C=N–C) groups is 1. The molecule has 1 heterocycles. The summed E-state index contributed by atoms with van der Waals surface area (Å²) in [4.78, 5) is 8.95. The van der Waals surface area contributed by atoms with Gasteiger partial charge in [0.2, 0.25) is 5.88 Å². The maximum atomic E-state index is 5.75. The Bertz CT molecular complexity index is 742. The van der Waals surface area contributed by atoms with Gasteiger partial charge in [-0.2, -0.15) is 0 Å². The Morgan fingerprint density at radius 3 is 2.67 bits per heavy atom. The van der Waals surface area contributed by atoms with E-state index in [-0.39, 0.29) is 0 Å². The maximum Gasteiger partial charge on any atom is 0.213 e. The van der Waals surface area contributed by atoms with E-state index in [1.54, 1.807) is 13.3 Å². The molecule has 0 unspecified atom stereocenters. The molecule has 1 aliphatic rings. The van der Waals surface area contributed by atoms with Crippen LogP contribution in [0.1, 0.15) is 30.9 Å². The van der Waals surface area contributed by atoms with Crippen molar-refractivity contribution in [2.75, 3.05) is 20.3 Å². The first-order chi connectivity index (χ1) is 13.3. The molecule has 0 radical (unpaired) electrons. The predicted molar refractivity (Wildman–Crippen MR) is 107 cm³/mol. The van der Waals surface area contributed by atoms with Crippen LogP contribution in [0.2, 0.25) is 0 Å². The van der Waals surface area contributed by atoms with Crippen LogP contribution in [0.5, 0.6) is 11.6 Å². The number of guanidine groups is 1. The fourth-order valence-corrected chi connectivity index (χ4v) is 2.56. The van der Waals surface area contributed by atoms with Crippen LogP contribution in [0.3, 0.4) is 0 Å². The molecule has 6 nitrogen and oxygen atoms in total. The van der Waals surface area contributed by atoms with Gasteiger partial charge in [-0.05, 0) is 55.0 Å². The third-order valence-electron chi connectivity index (χ3n) is 4.35. The first kappa shape index (κ1) is 19.0. The summed E-state index contributed by atoms with van der Waals surface area (Å²) in [6, 6.07) is 11.9. The minimum Gasteiger partial charge on any atom is -0.497 e. The molecule has 0 aliphatic heterocycles. The van der Waals surface area contributed by atoms with Gasteiger partial charge in [0.05, 0.1) is 20.3 Å². The van der Waals surface area contributed by atoms with Gasteiger partial charge in [-0.1, -0.05) is 12.1 Å². The molecule has 1 aromatic heterocycles. The van der Waals surface area contributed by atoms with Crippen LogP contribution >= 0.6 is 0 Å². The van der Waals surface area contributed by atoms with Crippen molar-refractivity contribution in [1.82, 2.24) is 15.6 Å². The smallest absolute Gasteiger partial charge is 0.213 e. The van der Waals surface area contributed by atoms with E-state index >= 15 is 0 Å². The lowest BCUT2D eigenvalue weighted by Gasteiger charge is -2.12. The normalized spacial score (nSPS) is 13.9. The number of pyridine rings is 1. The monoisotopic (exact) mass is 368 g/mol. The van der Waals surface area contributed by atoms with E-state index in [1.165, 1.54) is 18.4 Å². The second kappa shape index (κ2) is 9.80. The standard InChI is InChI=1S/C21H28N4O2/c1-3-22-21(24-13-16-6-8-19(26-2)9-7-16)25-14-18-10-11-23-20(12-18)27-15-17-4-5-17/h6-12,17H,3-5,13-15H2,1-2H3,(H2,22,24,25). The van der Waals surface area contributed by atoms with Crippen LogP contribution in [-0.2, 0) is 13.1 Å². The first-order valence-electron chi connectivity index (χ1n) is 9.49. The minimum absolute atomic E-state index is 0.570. The SMILES string of the molecule is CCNC(=NCc1ccnc(OCC2CC2)c1)NCc1ccc(OC)cc1. The molecule has 6 heteroatoms. The number of nitrogens with zero attached hydrogens (tertiary/aromatic N) is 2. The molecule has 1 aliphatic carbocycles. The summed E-state index contributed by atoms with van der Waals surface area (Å²) in [5, 5.41) is 6.63. The average molecular weight is 368 g/mol. The van der Waals surface area contributed by atoms with Crippen LogP contribution in [0.4, 0.5) is 0 Å². The molecule has 27 heavy (non-hydrogen) atoms. The van der Waals surface area contributed by atoms with Crippen LogP contribution < -0.4 is 20.1 Å². The maximum absolute atomic E-state index is 5.75. The molecule has 0 bridgehead atoms. The third-order valence-corrected chi connectivity index (χ3v) is 4.35. The second-order valence-corrected chi connectivity index (χ2v) is 6.65. The summed E-state index contributed by atoms with van der Waals surface area (Å²) in [5.74, 6) is 3.05. The van der Waals surface area contributed by atoms with Gasteiger partial charge in [0.1, 0.15) is 5.75 Å². The zero-order chi connectivity index (χ0) is 18.9. The lowest BCUT2D eigenvalue weighted by Crippen LogP contribution is -2.36. The highest BCUT2D eigenvalue weighted by atomic mass is 16.5. The molecule has 1 fully saturated rings. The van der Waals surface area contributed by atoms with E-state index in [1.807, 2.05) is 36.4 Å². The molecule has 3 rings (SSSR count). The molecular formula is C21H28N4O2. The highest BCUT2D eigenvalue weighted by Gasteiger charge is 2.22. The Hall–Kier alpha value is -2.76. The average Bonchev–Trinajstić information content (AvgIpc) is 3.54. The summed E-state index contributed by atoms with van der Waals surface area (Å²) in [6.45, 7) is 4.90. The fourth-order valence-electron chi connectivity index (χ4n) is 2.56. The van der Waals surface area contributed by atoms with E-state index in [0.717, 1.165) is 36.3 Å². The van der Waals surface area contributed by atoms with Crippen molar-refractivity contribution in [1.29, 1.82) is 0 Å². The molecule has 144 valence electrons. The number of rotatable bonds is 9. The zero-order valence-corrected chi connectivity index (χ0v) is 16.1. The van der Waals surface area contributed by atoms with E-state index < -0.39 is 0 Å². The lowest BCUT2D eigenvalue weighted by molar-refractivity contribution is 0.288. The zero-order valence-electron chi connectivity index (χ0n) is 16.1. The van der Waals surface area contributed by atoms with Gasteiger partial charge in [-0.3, -0.25) is 0 Å². The molecule has 0 spiro atoms. The lowest BCUT2D eigenvalue weighted by atomic mass is 10.2. The highest BCUT2D eigenvalue weighted by molar-refractivity contribution is 5.79. The molecule has 0 atom stereocenters. The topological polar surface area (TPSA) is 67.8 Å². The van der Waals surface area contributed by atoms with Gasteiger partial charge >= 0.3 is 0 Å². The molecule has 1 aromatic carbocycles. The van der Waals surface area contributed by atoms with Gasteiger partial charge in [0.15, 0.2) is 5.96 Å². The Balaban J connectivity index is 1.54. The largest absolute Gasteiger partial charge is 0.497 e. The number of hydrogen-bond acceptors (Lipinski definition) is 4. The summed E-state index contributed by atoms with van der Waals surface area (Å²) >= 11 is 0. The quantitative estimate of drug-likeness (QED) is 0.526. The Morgan fingerprint density at radius 2 is 1.96 bits per heavy atom. The van der Waals surface area contributed by atoms with Gasteiger partial charge in [0, 0.05) is 25.4 Å². The minimum atomic E-state index is 0.570. The van der Waals surface area contributed by atoms with Gasteiger partial charge in [0.25, 0.3) is 0 Å². The van der Waals surface area contributed by atoms with Crippen molar-refractivity contribution >= 4 is 5.96 Å². The molecular weight excluding hydrogens is 340 g/mol. The summed E-state index contributed by atoms with van der Waals surface area (Å²) < 4.78 is 10.9. The number of aromatic nitrogens is 1. The van der Waals surface area contributed by atoms with Crippen molar-refractivity contribution in [2.24, 2.45) is 10.9 Å². The molecule has 1 saturated carbocycles. The van der Waals surface area contributed by atoms with Crippen LogP contribution in [0.15, 0.2) is 47.6 Å². The Morgan fingerprint density at radius 1 is 1.15 bits per heavy atom. The van der Waals surface area contributed by atoms with E-state index in [0.29, 0.717) is 19.0 Å². The van der Waals surface area contributed by atoms with E-state index in [2.05, 4.69) is 27.5 Å². The van der Waals surface area contributed by atoms with Crippen molar-refractivity contribution in [3.8, 4) is 11.6 Å². The van der Waals surface area contributed by atoms with Crippen molar-refractivity contribution in [3.63, 3.8) is 0 Å². The summed E-state index contributed by atoms with van der Waals surface area (Å²) in [7, 11) is 1.67. The number of ether oxygens (including phenoxy) is 2. The molecule has 2 aromatic rings. The summed E-state index contributed by atoms with van der Waals surface area (Å²) in [6.07, 6.45) is 4.33. The van der Waals surface area contributed by atoms with Crippen molar-refractivity contribution in [3.05, 3.63) is 53.7 Å². The second-order valence-electron chi connectivity index (χ2n) is 6.65.